The first kappa shape index (κ1) is 18.9. The number of morpholine rings is 1. The van der Waals surface area contributed by atoms with Crippen molar-refractivity contribution in [2.24, 2.45) is 0 Å². The number of nitrogens with zero attached hydrogens (tertiary/aromatic N) is 2. The number of amides is 1. The number of carbonyl (C=O) groups excluding carboxylic acids is 1. The van der Waals surface area contributed by atoms with Gasteiger partial charge in [-0.25, -0.2) is 4.39 Å². The minimum atomic E-state index is -0.230. The number of benzene rings is 2. The van der Waals surface area contributed by atoms with E-state index < -0.39 is 0 Å². The Morgan fingerprint density at radius 3 is 2.46 bits per heavy atom. The summed E-state index contributed by atoms with van der Waals surface area (Å²) in [5.41, 5.74) is 3.03. The van der Waals surface area contributed by atoms with Crippen LogP contribution in [0.25, 0.3) is 0 Å². The Morgan fingerprint density at radius 1 is 1.04 bits per heavy atom. The number of hydrogen-bond donors (Lipinski definition) is 1. The molecule has 0 unspecified atom stereocenters. The standard InChI is InChI=1S/C22H26FN3O2/c23-18-5-3-17(4-6-18)21-2-1-11-26(21)16-22(27)24-19-7-9-20(10-8-19)25-12-14-28-15-13-25/h3-10,21H,1-2,11-16H2,(H,24,27)/t21-/m0/s1. The molecule has 1 N–H and O–H groups in total. The van der Waals surface area contributed by atoms with E-state index in [0.29, 0.717) is 6.54 Å². The van der Waals surface area contributed by atoms with E-state index in [-0.39, 0.29) is 17.8 Å². The first-order chi connectivity index (χ1) is 13.7. The lowest BCUT2D eigenvalue weighted by molar-refractivity contribution is -0.117. The summed E-state index contributed by atoms with van der Waals surface area (Å²) in [7, 11) is 0. The molecule has 2 aromatic rings. The predicted molar refractivity (Wildman–Crippen MR) is 108 cm³/mol. The van der Waals surface area contributed by atoms with Crippen LogP contribution in [0, 0.1) is 5.82 Å². The Hall–Kier alpha value is -2.44. The molecule has 0 saturated carbocycles. The predicted octanol–water partition coefficient (Wildman–Crippen LogP) is 3.44. The second-order valence-corrected chi connectivity index (χ2v) is 7.37. The first-order valence-corrected chi connectivity index (χ1v) is 9.91. The van der Waals surface area contributed by atoms with Crippen molar-refractivity contribution in [1.29, 1.82) is 0 Å². The van der Waals surface area contributed by atoms with Crippen molar-refractivity contribution in [3.8, 4) is 0 Å². The van der Waals surface area contributed by atoms with Crippen molar-refractivity contribution in [2.45, 2.75) is 18.9 Å². The van der Waals surface area contributed by atoms with Gasteiger partial charge in [-0.15, -0.1) is 0 Å². The van der Waals surface area contributed by atoms with Crippen molar-refractivity contribution in [2.75, 3.05) is 49.6 Å². The van der Waals surface area contributed by atoms with Crippen LogP contribution in [0.5, 0.6) is 0 Å². The molecular formula is C22H26FN3O2. The van der Waals surface area contributed by atoms with Crippen molar-refractivity contribution in [3.05, 3.63) is 59.9 Å². The second kappa shape index (κ2) is 8.71. The van der Waals surface area contributed by atoms with Gasteiger partial charge in [0.15, 0.2) is 0 Å². The molecular weight excluding hydrogens is 357 g/mol. The lowest BCUT2D eigenvalue weighted by Gasteiger charge is -2.29. The maximum atomic E-state index is 13.2. The minimum absolute atomic E-state index is 0.0202. The van der Waals surface area contributed by atoms with Gasteiger partial charge in [-0.2, -0.15) is 0 Å². The second-order valence-electron chi connectivity index (χ2n) is 7.37. The molecule has 0 aliphatic carbocycles. The number of likely N-dealkylation sites (tertiary alicyclic amines) is 1. The third kappa shape index (κ3) is 4.51. The van der Waals surface area contributed by atoms with Crippen LogP contribution < -0.4 is 10.2 Å². The van der Waals surface area contributed by atoms with E-state index in [1.165, 1.54) is 12.1 Å². The quantitative estimate of drug-likeness (QED) is 0.859. The highest BCUT2D eigenvalue weighted by molar-refractivity contribution is 5.92. The number of halogens is 1. The van der Waals surface area contributed by atoms with E-state index in [1.807, 2.05) is 36.4 Å². The van der Waals surface area contributed by atoms with Crippen LogP contribution in [0.4, 0.5) is 15.8 Å². The highest BCUT2D eigenvalue weighted by atomic mass is 19.1. The Labute approximate surface area is 165 Å². The van der Waals surface area contributed by atoms with Gasteiger partial charge >= 0.3 is 0 Å². The van der Waals surface area contributed by atoms with Gasteiger partial charge in [0, 0.05) is 30.5 Å². The minimum Gasteiger partial charge on any atom is -0.378 e. The smallest absolute Gasteiger partial charge is 0.238 e. The average Bonchev–Trinajstić information content (AvgIpc) is 3.18. The molecule has 2 saturated heterocycles. The summed E-state index contributed by atoms with van der Waals surface area (Å²) in [4.78, 5) is 17.0. The van der Waals surface area contributed by atoms with E-state index >= 15 is 0 Å². The first-order valence-electron chi connectivity index (χ1n) is 9.91. The molecule has 0 spiro atoms. The van der Waals surface area contributed by atoms with Crippen molar-refractivity contribution >= 4 is 17.3 Å². The van der Waals surface area contributed by atoms with Gasteiger partial charge in [0.2, 0.25) is 5.91 Å². The molecule has 2 aromatic carbocycles. The molecule has 148 valence electrons. The SMILES string of the molecule is O=C(CN1CCC[C@H]1c1ccc(F)cc1)Nc1ccc(N2CCOCC2)cc1. The largest absolute Gasteiger partial charge is 0.378 e. The Balaban J connectivity index is 1.34. The number of anilines is 2. The van der Waals surface area contributed by atoms with E-state index in [9.17, 15) is 9.18 Å². The van der Waals surface area contributed by atoms with Gasteiger partial charge in [0.25, 0.3) is 0 Å². The number of hydrogen-bond acceptors (Lipinski definition) is 4. The van der Waals surface area contributed by atoms with Gasteiger partial charge in [-0.05, 0) is 61.3 Å². The maximum Gasteiger partial charge on any atom is 0.238 e. The van der Waals surface area contributed by atoms with E-state index in [4.69, 9.17) is 4.74 Å². The lowest BCUT2D eigenvalue weighted by Crippen LogP contribution is -2.36. The van der Waals surface area contributed by atoms with Crippen LogP contribution in [0.15, 0.2) is 48.5 Å². The van der Waals surface area contributed by atoms with E-state index in [1.54, 1.807) is 0 Å². The van der Waals surface area contributed by atoms with Gasteiger partial charge in [-0.3, -0.25) is 9.69 Å². The lowest BCUT2D eigenvalue weighted by atomic mass is 10.0. The van der Waals surface area contributed by atoms with E-state index in [2.05, 4.69) is 15.1 Å². The third-order valence-corrected chi connectivity index (χ3v) is 5.49. The molecule has 6 heteroatoms. The molecule has 4 rings (SSSR count). The molecule has 2 heterocycles. The molecule has 2 fully saturated rings. The molecule has 28 heavy (non-hydrogen) atoms. The van der Waals surface area contributed by atoms with Gasteiger partial charge in [0.05, 0.1) is 19.8 Å². The summed E-state index contributed by atoms with van der Waals surface area (Å²) in [6.07, 6.45) is 2.04. The van der Waals surface area contributed by atoms with Gasteiger partial charge in [-0.1, -0.05) is 12.1 Å². The summed E-state index contributed by atoms with van der Waals surface area (Å²) in [6, 6.07) is 14.8. The van der Waals surface area contributed by atoms with Crippen LogP contribution in [0.1, 0.15) is 24.4 Å². The summed E-state index contributed by atoms with van der Waals surface area (Å²) < 4.78 is 18.6. The van der Waals surface area contributed by atoms with Crippen LogP contribution in [0.3, 0.4) is 0 Å². The average molecular weight is 383 g/mol. The molecule has 2 aliphatic rings. The van der Waals surface area contributed by atoms with Crippen molar-refractivity contribution < 1.29 is 13.9 Å². The van der Waals surface area contributed by atoms with Crippen LogP contribution in [0.2, 0.25) is 0 Å². The molecule has 0 aromatic heterocycles. The Morgan fingerprint density at radius 2 is 1.75 bits per heavy atom. The number of nitrogens with one attached hydrogen (secondary N) is 1. The highest BCUT2D eigenvalue weighted by Gasteiger charge is 2.27. The van der Waals surface area contributed by atoms with Gasteiger partial charge in [0.1, 0.15) is 5.82 Å². The molecule has 1 amide bonds. The zero-order chi connectivity index (χ0) is 19.3. The molecule has 2 aliphatic heterocycles. The maximum absolute atomic E-state index is 13.2. The van der Waals surface area contributed by atoms with Crippen LogP contribution in [-0.2, 0) is 9.53 Å². The fraction of sp³-hybridized carbons (Fsp3) is 0.409. The van der Waals surface area contributed by atoms with Crippen LogP contribution in [-0.4, -0.2) is 50.2 Å². The zero-order valence-electron chi connectivity index (χ0n) is 15.9. The number of ether oxygens (including phenoxy) is 1. The van der Waals surface area contributed by atoms with Gasteiger partial charge < -0.3 is 15.0 Å². The highest BCUT2D eigenvalue weighted by Crippen LogP contribution is 2.31. The summed E-state index contributed by atoms with van der Waals surface area (Å²) in [6.45, 7) is 4.52. The Kier molecular flexibility index (Phi) is 5.88. The van der Waals surface area contributed by atoms with Crippen molar-refractivity contribution in [3.63, 3.8) is 0 Å². The molecule has 0 bridgehead atoms. The van der Waals surface area contributed by atoms with E-state index in [0.717, 1.165) is 62.6 Å². The summed E-state index contributed by atoms with van der Waals surface area (Å²) in [5.74, 6) is -0.250. The Bertz CT molecular complexity index is 788. The summed E-state index contributed by atoms with van der Waals surface area (Å²) >= 11 is 0. The fourth-order valence-electron chi connectivity index (χ4n) is 4.04. The van der Waals surface area contributed by atoms with Crippen LogP contribution >= 0.6 is 0 Å². The topological polar surface area (TPSA) is 44.8 Å². The number of rotatable bonds is 5. The molecule has 5 nitrogen and oxygen atoms in total. The zero-order valence-corrected chi connectivity index (χ0v) is 15.9. The monoisotopic (exact) mass is 383 g/mol. The third-order valence-electron chi connectivity index (χ3n) is 5.49. The number of carbonyl (C=O) groups is 1. The molecule has 0 radical (unpaired) electrons. The fourth-order valence-corrected chi connectivity index (χ4v) is 4.04. The molecule has 1 atom stereocenters. The van der Waals surface area contributed by atoms with Crippen molar-refractivity contribution in [1.82, 2.24) is 4.90 Å². The summed E-state index contributed by atoms with van der Waals surface area (Å²) in [5, 5.41) is 3.00. The normalized spacial score (nSPS) is 20.3.